The molecule has 2 amide bonds. The number of rotatable bonds is 4. The number of likely N-dealkylation sites (tertiary alicyclic amines) is 1. The normalized spacial score (nSPS) is 27.0. The molecule has 2 aliphatic rings. The number of hydrogen-bond acceptors (Lipinski definition) is 3. The Kier molecular flexibility index (Phi) is 4.31. The van der Waals surface area contributed by atoms with Crippen molar-refractivity contribution in [3.63, 3.8) is 0 Å². The van der Waals surface area contributed by atoms with Gasteiger partial charge < -0.3 is 14.9 Å². The van der Waals surface area contributed by atoms with Crippen molar-refractivity contribution in [3.8, 4) is 0 Å². The number of hydrogen-bond donors (Lipinski definition) is 1. The van der Waals surface area contributed by atoms with Crippen LogP contribution in [0.5, 0.6) is 0 Å². The minimum atomic E-state index is -0.918. The van der Waals surface area contributed by atoms with E-state index in [1.54, 1.807) is 16.8 Å². The van der Waals surface area contributed by atoms with Gasteiger partial charge in [0.15, 0.2) is 0 Å². The third kappa shape index (κ3) is 3.01. The highest BCUT2D eigenvalue weighted by molar-refractivity contribution is 5.96. The lowest BCUT2D eigenvalue weighted by Gasteiger charge is -2.22. The maximum absolute atomic E-state index is 12.7. The molecule has 1 aliphatic carbocycles. The molecular weight excluding hydrogens is 320 g/mol. The largest absolute Gasteiger partial charge is 0.481 e. The molecule has 1 saturated heterocycles. The summed E-state index contributed by atoms with van der Waals surface area (Å²) in [6.07, 6.45) is 0.618. The lowest BCUT2D eigenvalue weighted by atomic mass is 10.1. The van der Waals surface area contributed by atoms with Crippen molar-refractivity contribution in [3.05, 3.63) is 30.3 Å². The third-order valence-electron chi connectivity index (χ3n) is 5.68. The molecule has 1 aliphatic heterocycles. The average Bonchev–Trinajstić information content (AvgIpc) is 2.95. The molecule has 1 aromatic rings. The van der Waals surface area contributed by atoms with Crippen LogP contribution in [0, 0.1) is 23.2 Å². The van der Waals surface area contributed by atoms with Gasteiger partial charge >= 0.3 is 5.97 Å². The number of carboxylic acid groups (broad SMARTS) is 1. The minimum Gasteiger partial charge on any atom is -0.481 e. The second-order valence-corrected chi connectivity index (χ2v) is 7.62. The molecule has 1 aromatic carbocycles. The van der Waals surface area contributed by atoms with Gasteiger partial charge in [-0.3, -0.25) is 14.4 Å². The van der Waals surface area contributed by atoms with E-state index in [-0.39, 0.29) is 17.7 Å². The van der Waals surface area contributed by atoms with Crippen molar-refractivity contribution >= 4 is 23.5 Å². The van der Waals surface area contributed by atoms with E-state index in [2.05, 4.69) is 0 Å². The number of amides is 2. The summed E-state index contributed by atoms with van der Waals surface area (Å²) in [6.45, 7) is 4.51. The number of anilines is 1. The van der Waals surface area contributed by atoms with E-state index in [1.807, 2.05) is 44.2 Å². The highest BCUT2D eigenvalue weighted by Crippen LogP contribution is 2.59. The van der Waals surface area contributed by atoms with Crippen molar-refractivity contribution in [2.75, 3.05) is 25.0 Å². The van der Waals surface area contributed by atoms with Gasteiger partial charge in [0, 0.05) is 25.8 Å². The molecule has 134 valence electrons. The van der Waals surface area contributed by atoms with Crippen LogP contribution in [-0.2, 0) is 14.4 Å². The molecule has 0 aromatic heterocycles. The van der Waals surface area contributed by atoms with Crippen LogP contribution in [-0.4, -0.2) is 47.9 Å². The smallest absolute Gasteiger partial charge is 0.307 e. The van der Waals surface area contributed by atoms with E-state index in [0.717, 1.165) is 5.69 Å². The Balaban J connectivity index is 1.63. The first-order chi connectivity index (χ1) is 11.7. The summed E-state index contributed by atoms with van der Waals surface area (Å²) < 4.78 is 0. The molecule has 0 spiro atoms. The van der Waals surface area contributed by atoms with E-state index in [0.29, 0.717) is 19.5 Å². The predicted molar refractivity (Wildman–Crippen MR) is 92.9 cm³/mol. The van der Waals surface area contributed by atoms with Gasteiger partial charge in [-0.1, -0.05) is 32.0 Å². The van der Waals surface area contributed by atoms with E-state index in [9.17, 15) is 19.5 Å². The first-order valence-electron chi connectivity index (χ1n) is 8.59. The number of aliphatic carboxylic acids is 1. The maximum atomic E-state index is 12.7. The van der Waals surface area contributed by atoms with Gasteiger partial charge in [0.25, 0.3) is 0 Å². The summed E-state index contributed by atoms with van der Waals surface area (Å²) in [5.74, 6) is -2.40. The van der Waals surface area contributed by atoms with Crippen molar-refractivity contribution in [2.24, 2.45) is 23.2 Å². The molecule has 3 rings (SSSR count). The zero-order valence-electron chi connectivity index (χ0n) is 14.8. The molecule has 0 bridgehead atoms. The van der Waals surface area contributed by atoms with E-state index < -0.39 is 23.2 Å². The fraction of sp³-hybridized carbons (Fsp3) is 0.526. The number of carbonyl (C=O) groups is 3. The number of para-hydroxylation sites is 1. The number of carbonyl (C=O) groups excluding carboxylic acids is 2. The molecule has 1 saturated carbocycles. The Hall–Kier alpha value is -2.37. The van der Waals surface area contributed by atoms with Crippen molar-refractivity contribution in [2.45, 2.75) is 20.3 Å². The molecule has 2 fully saturated rings. The highest BCUT2D eigenvalue weighted by atomic mass is 16.4. The number of nitrogens with zero attached hydrogens (tertiary/aromatic N) is 2. The number of carboxylic acids is 1. The van der Waals surface area contributed by atoms with Gasteiger partial charge in [-0.15, -0.1) is 0 Å². The lowest BCUT2D eigenvalue weighted by molar-refractivity contribution is -0.142. The van der Waals surface area contributed by atoms with Gasteiger partial charge in [-0.2, -0.15) is 0 Å². The van der Waals surface area contributed by atoms with Crippen molar-refractivity contribution in [1.29, 1.82) is 0 Å². The molecule has 25 heavy (non-hydrogen) atoms. The molecule has 1 unspecified atom stereocenters. The lowest BCUT2D eigenvalue weighted by Crippen LogP contribution is -2.37. The molecule has 1 N–H and O–H groups in total. The van der Waals surface area contributed by atoms with Gasteiger partial charge in [-0.25, -0.2) is 0 Å². The zero-order valence-corrected chi connectivity index (χ0v) is 14.8. The summed E-state index contributed by atoms with van der Waals surface area (Å²) in [5, 5.41) is 9.26. The van der Waals surface area contributed by atoms with Gasteiger partial charge in [0.2, 0.25) is 11.8 Å². The fourth-order valence-electron chi connectivity index (χ4n) is 3.97. The Morgan fingerprint density at radius 3 is 2.36 bits per heavy atom. The van der Waals surface area contributed by atoms with Crippen LogP contribution in [0.1, 0.15) is 20.3 Å². The maximum Gasteiger partial charge on any atom is 0.307 e. The van der Waals surface area contributed by atoms with Crippen LogP contribution in [0.25, 0.3) is 0 Å². The van der Waals surface area contributed by atoms with Gasteiger partial charge in [0.05, 0.1) is 17.8 Å². The second kappa shape index (κ2) is 6.17. The second-order valence-electron chi connectivity index (χ2n) is 7.62. The molecule has 3 atom stereocenters. The van der Waals surface area contributed by atoms with E-state index >= 15 is 0 Å². The predicted octanol–water partition coefficient (Wildman–Crippen LogP) is 1.85. The summed E-state index contributed by atoms with van der Waals surface area (Å²) in [5.41, 5.74) is 0.317. The highest BCUT2D eigenvalue weighted by Gasteiger charge is 2.66. The third-order valence-corrected chi connectivity index (χ3v) is 5.68. The van der Waals surface area contributed by atoms with E-state index in [4.69, 9.17) is 0 Å². The Labute approximate surface area is 147 Å². The van der Waals surface area contributed by atoms with Crippen molar-refractivity contribution in [1.82, 2.24) is 4.90 Å². The summed E-state index contributed by atoms with van der Waals surface area (Å²) >= 11 is 0. The molecular formula is C19H24N2O4. The minimum absolute atomic E-state index is 0.00802. The standard InChI is InChI=1S/C19H24N2O4/c1-19(2)14(15(19)18(24)25)17(23)21-10-9-12(11-21)16(22)20(3)13-7-5-4-6-8-13/h4-8,12,14-15H,9-11H2,1-3H3,(H,24,25)/t12?,14-,15+/m0/s1. The topological polar surface area (TPSA) is 77.9 Å². The summed E-state index contributed by atoms with van der Waals surface area (Å²) in [6, 6.07) is 9.41. The van der Waals surface area contributed by atoms with Crippen LogP contribution in [0.4, 0.5) is 5.69 Å². The first-order valence-corrected chi connectivity index (χ1v) is 8.59. The van der Waals surface area contributed by atoms with Crippen LogP contribution in [0.3, 0.4) is 0 Å². The fourth-order valence-corrected chi connectivity index (χ4v) is 3.97. The van der Waals surface area contributed by atoms with Crippen LogP contribution in [0.2, 0.25) is 0 Å². The zero-order chi connectivity index (χ0) is 18.4. The van der Waals surface area contributed by atoms with Crippen LogP contribution < -0.4 is 4.90 Å². The monoisotopic (exact) mass is 344 g/mol. The number of benzene rings is 1. The average molecular weight is 344 g/mol. The Bertz CT molecular complexity index is 701. The summed E-state index contributed by atoms with van der Waals surface area (Å²) in [7, 11) is 1.74. The van der Waals surface area contributed by atoms with Crippen LogP contribution >= 0.6 is 0 Å². The van der Waals surface area contributed by atoms with Gasteiger partial charge in [-0.05, 0) is 24.0 Å². The molecule has 0 radical (unpaired) electrons. The van der Waals surface area contributed by atoms with Crippen LogP contribution in [0.15, 0.2) is 30.3 Å². The first kappa shape index (κ1) is 17.5. The molecule has 6 nitrogen and oxygen atoms in total. The van der Waals surface area contributed by atoms with E-state index in [1.165, 1.54) is 0 Å². The van der Waals surface area contributed by atoms with Gasteiger partial charge in [0.1, 0.15) is 0 Å². The SMILES string of the molecule is CN(C(=O)C1CCN(C(=O)[C@@H]2[C@H](C(=O)O)C2(C)C)C1)c1ccccc1. The van der Waals surface area contributed by atoms with Crippen molar-refractivity contribution < 1.29 is 19.5 Å². The quantitative estimate of drug-likeness (QED) is 0.904. The Morgan fingerprint density at radius 2 is 1.80 bits per heavy atom. The molecule has 6 heteroatoms. The summed E-state index contributed by atoms with van der Waals surface area (Å²) in [4.78, 5) is 40.0. The Morgan fingerprint density at radius 1 is 1.16 bits per heavy atom. The molecule has 1 heterocycles.